The van der Waals surface area contributed by atoms with Crippen LogP contribution in [-0.4, -0.2) is 22.8 Å². The second-order valence-electron chi connectivity index (χ2n) is 2.68. The number of fused-ring (bicyclic) bond motifs is 1. The van der Waals surface area contributed by atoms with Gasteiger partial charge in [0.2, 0.25) is 0 Å². The number of hydrogen-bond acceptors (Lipinski definition) is 4. The molecule has 1 heterocycles. The predicted octanol–water partition coefficient (Wildman–Crippen LogP) is 1.29. The maximum atomic E-state index is 10.3. The van der Waals surface area contributed by atoms with Crippen LogP contribution in [0.5, 0.6) is 5.75 Å². The molecule has 0 atom stereocenters. The monoisotopic (exact) mass is 193 g/mol. The first-order valence-electron chi connectivity index (χ1n) is 3.95. The van der Waals surface area contributed by atoms with Crippen LogP contribution >= 0.6 is 0 Å². The Morgan fingerprint density at radius 3 is 3.21 bits per heavy atom. The van der Waals surface area contributed by atoms with E-state index in [2.05, 4.69) is 5.16 Å². The molecule has 0 spiro atoms. The summed E-state index contributed by atoms with van der Waals surface area (Å²) in [5.74, 6) is -0.551. The average Bonchev–Trinajstić information content (AvgIpc) is 2.62. The predicted molar refractivity (Wildman–Crippen MR) is 47.1 cm³/mol. The Morgan fingerprint density at radius 1 is 1.57 bits per heavy atom. The summed E-state index contributed by atoms with van der Waals surface area (Å²) in [6, 6.07) is 5.11. The molecule has 5 heteroatoms. The second kappa shape index (κ2) is 3.37. The zero-order valence-corrected chi connectivity index (χ0v) is 7.14. The van der Waals surface area contributed by atoms with Crippen molar-refractivity contribution in [2.24, 2.45) is 0 Å². The Hall–Kier alpha value is -2.04. The largest absolute Gasteiger partial charge is 0.481 e. The molecule has 2 rings (SSSR count). The summed E-state index contributed by atoms with van der Waals surface area (Å²) in [6.07, 6.45) is 1.49. The molecule has 1 aromatic carbocycles. The number of rotatable bonds is 3. The van der Waals surface area contributed by atoms with Crippen LogP contribution in [0, 0.1) is 0 Å². The van der Waals surface area contributed by atoms with Crippen molar-refractivity contribution >= 4 is 16.9 Å². The van der Waals surface area contributed by atoms with Gasteiger partial charge in [-0.05, 0) is 12.1 Å². The quantitative estimate of drug-likeness (QED) is 0.795. The summed E-state index contributed by atoms with van der Waals surface area (Å²) in [4.78, 5) is 10.3. The van der Waals surface area contributed by atoms with E-state index in [9.17, 15) is 4.79 Å². The third-order valence-corrected chi connectivity index (χ3v) is 1.71. The molecule has 1 N–H and O–H groups in total. The number of carbonyl (C=O) groups is 1. The van der Waals surface area contributed by atoms with Crippen LogP contribution < -0.4 is 4.74 Å². The SMILES string of the molecule is O=C(O)COc1cccc2oncc12. The van der Waals surface area contributed by atoms with Gasteiger partial charge in [0, 0.05) is 0 Å². The molecule has 0 saturated carbocycles. The van der Waals surface area contributed by atoms with Crippen molar-refractivity contribution in [3.63, 3.8) is 0 Å². The van der Waals surface area contributed by atoms with Gasteiger partial charge in [0.25, 0.3) is 0 Å². The molecule has 0 aliphatic carbocycles. The minimum Gasteiger partial charge on any atom is -0.481 e. The van der Waals surface area contributed by atoms with Gasteiger partial charge in [0.1, 0.15) is 5.75 Å². The molecule has 2 aromatic rings. The molecule has 0 saturated heterocycles. The molecular weight excluding hydrogens is 186 g/mol. The van der Waals surface area contributed by atoms with Gasteiger partial charge < -0.3 is 14.4 Å². The summed E-state index contributed by atoms with van der Waals surface area (Å²) in [7, 11) is 0. The molecule has 14 heavy (non-hydrogen) atoms. The fraction of sp³-hybridized carbons (Fsp3) is 0.111. The van der Waals surface area contributed by atoms with E-state index in [0.717, 1.165) is 0 Å². The van der Waals surface area contributed by atoms with Gasteiger partial charge in [0.15, 0.2) is 12.2 Å². The van der Waals surface area contributed by atoms with E-state index >= 15 is 0 Å². The second-order valence-corrected chi connectivity index (χ2v) is 2.68. The highest BCUT2D eigenvalue weighted by molar-refractivity contribution is 5.83. The molecule has 1 aromatic heterocycles. The number of carboxylic acid groups (broad SMARTS) is 1. The number of carboxylic acids is 1. The third kappa shape index (κ3) is 1.52. The van der Waals surface area contributed by atoms with Gasteiger partial charge >= 0.3 is 5.97 Å². The van der Waals surface area contributed by atoms with Gasteiger partial charge in [-0.15, -0.1) is 0 Å². The van der Waals surface area contributed by atoms with Crippen molar-refractivity contribution in [2.45, 2.75) is 0 Å². The lowest BCUT2D eigenvalue weighted by atomic mass is 10.2. The first-order valence-corrected chi connectivity index (χ1v) is 3.95. The Bertz CT molecular complexity index is 463. The van der Waals surface area contributed by atoms with Crippen LogP contribution in [0.4, 0.5) is 0 Å². The number of aliphatic carboxylic acids is 1. The van der Waals surface area contributed by atoms with E-state index in [1.54, 1.807) is 18.2 Å². The number of aromatic nitrogens is 1. The van der Waals surface area contributed by atoms with Crippen molar-refractivity contribution in [1.29, 1.82) is 0 Å². The van der Waals surface area contributed by atoms with Gasteiger partial charge in [-0.25, -0.2) is 4.79 Å². The maximum Gasteiger partial charge on any atom is 0.341 e. The highest BCUT2D eigenvalue weighted by Gasteiger charge is 2.06. The molecule has 0 radical (unpaired) electrons. The number of hydrogen-bond donors (Lipinski definition) is 1. The Kier molecular flexibility index (Phi) is 2.06. The smallest absolute Gasteiger partial charge is 0.341 e. The molecule has 0 aliphatic heterocycles. The fourth-order valence-electron chi connectivity index (χ4n) is 1.13. The highest BCUT2D eigenvalue weighted by atomic mass is 16.5. The standard InChI is InChI=1S/C9H7NO4/c11-9(12)5-13-7-2-1-3-8-6(7)4-10-14-8/h1-4H,5H2,(H,11,12). The van der Waals surface area contributed by atoms with Crippen LogP contribution in [0.2, 0.25) is 0 Å². The average molecular weight is 193 g/mol. The molecule has 0 fully saturated rings. The summed E-state index contributed by atoms with van der Waals surface area (Å²) in [5, 5.41) is 12.7. The first-order chi connectivity index (χ1) is 6.77. The van der Waals surface area contributed by atoms with Gasteiger partial charge in [-0.3, -0.25) is 0 Å². The zero-order chi connectivity index (χ0) is 9.97. The van der Waals surface area contributed by atoms with Crippen LogP contribution in [-0.2, 0) is 4.79 Å². The third-order valence-electron chi connectivity index (χ3n) is 1.71. The summed E-state index contributed by atoms with van der Waals surface area (Å²) < 4.78 is 9.93. The van der Waals surface area contributed by atoms with E-state index in [1.807, 2.05) is 0 Å². The summed E-state index contributed by atoms with van der Waals surface area (Å²) >= 11 is 0. The van der Waals surface area contributed by atoms with Crippen molar-refractivity contribution in [1.82, 2.24) is 5.16 Å². The minimum atomic E-state index is -1.02. The summed E-state index contributed by atoms with van der Waals surface area (Å²) in [6.45, 7) is -0.371. The van der Waals surface area contributed by atoms with Crippen molar-refractivity contribution in [3.05, 3.63) is 24.4 Å². The lowest BCUT2D eigenvalue weighted by Crippen LogP contribution is -2.09. The van der Waals surface area contributed by atoms with Crippen molar-refractivity contribution < 1.29 is 19.2 Å². The Labute approximate surface area is 78.9 Å². The van der Waals surface area contributed by atoms with Gasteiger partial charge in [0.05, 0.1) is 11.6 Å². The fourth-order valence-corrected chi connectivity index (χ4v) is 1.13. The van der Waals surface area contributed by atoms with Crippen LogP contribution in [0.15, 0.2) is 28.9 Å². The van der Waals surface area contributed by atoms with E-state index in [4.69, 9.17) is 14.4 Å². The van der Waals surface area contributed by atoms with Gasteiger partial charge in [-0.2, -0.15) is 0 Å². The Balaban J connectivity index is 2.32. The number of benzene rings is 1. The molecular formula is C9H7NO4. The lowest BCUT2D eigenvalue weighted by molar-refractivity contribution is -0.139. The molecule has 0 amide bonds. The Morgan fingerprint density at radius 2 is 2.43 bits per heavy atom. The molecule has 5 nitrogen and oxygen atoms in total. The minimum absolute atomic E-state index is 0.371. The first kappa shape index (κ1) is 8.55. The van der Waals surface area contributed by atoms with E-state index in [-0.39, 0.29) is 6.61 Å². The van der Waals surface area contributed by atoms with Crippen molar-refractivity contribution in [2.75, 3.05) is 6.61 Å². The molecule has 72 valence electrons. The molecule has 0 unspecified atom stereocenters. The number of nitrogens with zero attached hydrogens (tertiary/aromatic N) is 1. The van der Waals surface area contributed by atoms with E-state index in [1.165, 1.54) is 6.20 Å². The number of ether oxygens (including phenoxy) is 1. The zero-order valence-electron chi connectivity index (χ0n) is 7.14. The molecule has 0 aliphatic rings. The van der Waals surface area contributed by atoms with Gasteiger partial charge in [-0.1, -0.05) is 11.2 Å². The lowest BCUT2D eigenvalue weighted by Gasteiger charge is -2.02. The normalized spacial score (nSPS) is 10.3. The summed E-state index contributed by atoms with van der Waals surface area (Å²) in [5.41, 5.74) is 0.577. The van der Waals surface area contributed by atoms with E-state index in [0.29, 0.717) is 16.7 Å². The topological polar surface area (TPSA) is 72.6 Å². The van der Waals surface area contributed by atoms with Crippen molar-refractivity contribution in [3.8, 4) is 5.75 Å². The van der Waals surface area contributed by atoms with Crippen LogP contribution in [0.3, 0.4) is 0 Å². The van der Waals surface area contributed by atoms with E-state index < -0.39 is 5.97 Å². The highest BCUT2D eigenvalue weighted by Crippen LogP contribution is 2.24. The van der Waals surface area contributed by atoms with Crippen LogP contribution in [0.25, 0.3) is 11.0 Å². The maximum absolute atomic E-state index is 10.3. The molecule has 0 bridgehead atoms. The van der Waals surface area contributed by atoms with Crippen LogP contribution in [0.1, 0.15) is 0 Å².